The van der Waals surface area contributed by atoms with Gasteiger partial charge in [-0.3, -0.25) is 4.79 Å². The third kappa shape index (κ3) is 4.95. The van der Waals surface area contributed by atoms with Gasteiger partial charge in [0.1, 0.15) is 5.82 Å². The zero-order valence-electron chi connectivity index (χ0n) is 8.35. The zero-order chi connectivity index (χ0) is 13.1. The van der Waals surface area contributed by atoms with Crippen LogP contribution in [0.25, 0.3) is 0 Å². The predicted octanol–water partition coefficient (Wildman–Crippen LogP) is 3.79. The molecule has 0 aliphatic heterocycles. The highest BCUT2D eigenvalue weighted by Gasteiger charge is 2.30. The van der Waals surface area contributed by atoms with Crippen LogP contribution in [0.3, 0.4) is 0 Å². The Morgan fingerprint density at radius 3 is 2.47 bits per heavy atom. The normalized spacial score (nSPS) is 11.6. The maximum Gasteiger partial charge on any atom is 0.446 e. The minimum absolute atomic E-state index is 0.0859. The average molecular weight is 287 g/mol. The molecule has 0 atom stereocenters. The van der Waals surface area contributed by atoms with Crippen molar-refractivity contribution < 1.29 is 22.4 Å². The van der Waals surface area contributed by atoms with E-state index in [9.17, 15) is 22.4 Å². The summed E-state index contributed by atoms with van der Waals surface area (Å²) in [6.07, 6.45) is -0.0859. The number of hydrogen-bond acceptors (Lipinski definition) is 2. The van der Waals surface area contributed by atoms with Crippen LogP contribution in [-0.2, 0) is 11.2 Å². The van der Waals surface area contributed by atoms with E-state index < -0.39 is 28.0 Å². The molecule has 1 rings (SSSR count). The average Bonchev–Trinajstić information content (AvgIpc) is 2.20. The molecule has 1 nitrogen and oxygen atoms in total. The first-order chi connectivity index (χ1) is 7.81. The number of ketones is 1. The molecule has 0 saturated heterocycles. The van der Waals surface area contributed by atoms with Crippen LogP contribution in [0, 0.1) is 5.82 Å². The van der Waals surface area contributed by atoms with E-state index in [0.717, 1.165) is 12.1 Å². The summed E-state index contributed by atoms with van der Waals surface area (Å²) in [6, 6.07) is 3.20. The van der Waals surface area contributed by atoms with E-state index >= 15 is 0 Å². The van der Waals surface area contributed by atoms with Crippen molar-refractivity contribution in [3.63, 3.8) is 0 Å². The van der Waals surface area contributed by atoms with Crippen LogP contribution in [0.4, 0.5) is 17.6 Å². The number of benzene rings is 1. The molecule has 17 heavy (non-hydrogen) atoms. The Kier molecular flexibility index (Phi) is 4.82. The van der Waals surface area contributed by atoms with Gasteiger partial charge in [0, 0.05) is 6.42 Å². The Bertz CT molecular complexity index is 419. The highest BCUT2D eigenvalue weighted by molar-refractivity contribution is 8.00. The topological polar surface area (TPSA) is 17.1 Å². The number of alkyl halides is 4. The first-order valence-corrected chi connectivity index (χ1v) is 5.79. The lowest BCUT2D eigenvalue weighted by Crippen LogP contribution is -2.05. The quantitative estimate of drug-likeness (QED) is 0.476. The Balaban J connectivity index is 2.83. The van der Waals surface area contributed by atoms with Crippen molar-refractivity contribution in [3.05, 3.63) is 29.6 Å². The second-order valence-corrected chi connectivity index (χ2v) is 4.54. The van der Waals surface area contributed by atoms with Gasteiger partial charge < -0.3 is 0 Å². The fourth-order valence-corrected chi connectivity index (χ4v) is 1.77. The van der Waals surface area contributed by atoms with Crippen molar-refractivity contribution in [3.8, 4) is 0 Å². The highest BCUT2D eigenvalue weighted by atomic mass is 35.5. The number of carbonyl (C=O) groups is 1. The lowest BCUT2D eigenvalue weighted by molar-refractivity contribution is -0.116. The first kappa shape index (κ1) is 14.3. The van der Waals surface area contributed by atoms with E-state index in [-0.39, 0.29) is 18.1 Å². The Morgan fingerprint density at radius 2 is 2.00 bits per heavy atom. The van der Waals surface area contributed by atoms with Crippen molar-refractivity contribution in [1.82, 2.24) is 0 Å². The van der Waals surface area contributed by atoms with Crippen LogP contribution in [0.2, 0.25) is 0 Å². The molecule has 0 radical (unpaired) electrons. The van der Waals surface area contributed by atoms with Gasteiger partial charge in [0.2, 0.25) is 0 Å². The SMILES string of the molecule is O=C(CCl)Cc1ccc(SC(F)(F)F)c(F)c1. The molecule has 0 N–H and O–H groups in total. The molecule has 0 saturated carbocycles. The van der Waals surface area contributed by atoms with Crippen LogP contribution in [0.5, 0.6) is 0 Å². The first-order valence-electron chi connectivity index (χ1n) is 4.43. The third-order valence-corrected chi connectivity index (χ3v) is 2.85. The summed E-state index contributed by atoms with van der Waals surface area (Å²) in [6.45, 7) is 0. The molecule has 0 aliphatic rings. The Labute approximate surface area is 104 Å². The number of Topliss-reactive ketones (excluding diaryl/α,β-unsaturated/α-hetero) is 1. The Hall–Kier alpha value is -0.750. The van der Waals surface area contributed by atoms with E-state index in [1.54, 1.807) is 0 Å². The third-order valence-electron chi connectivity index (χ3n) is 1.77. The summed E-state index contributed by atoms with van der Waals surface area (Å²) in [7, 11) is 0. The fourth-order valence-electron chi connectivity index (χ4n) is 1.14. The molecular formula is C10H7ClF4OS. The van der Waals surface area contributed by atoms with E-state index in [0.29, 0.717) is 5.56 Å². The molecule has 7 heteroatoms. The van der Waals surface area contributed by atoms with Gasteiger partial charge in [-0.05, 0) is 29.5 Å². The van der Waals surface area contributed by atoms with Gasteiger partial charge >= 0.3 is 5.51 Å². The number of thioether (sulfide) groups is 1. The van der Waals surface area contributed by atoms with E-state index in [1.807, 2.05) is 0 Å². The van der Waals surface area contributed by atoms with Gasteiger partial charge in [-0.25, -0.2) is 4.39 Å². The fraction of sp³-hybridized carbons (Fsp3) is 0.300. The molecule has 0 amide bonds. The van der Waals surface area contributed by atoms with Gasteiger partial charge in [-0.2, -0.15) is 13.2 Å². The van der Waals surface area contributed by atoms with Crippen LogP contribution in [0.15, 0.2) is 23.1 Å². The van der Waals surface area contributed by atoms with Crippen LogP contribution in [-0.4, -0.2) is 17.2 Å². The molecule has 0 heterocycles. The second kappa shape index (κ2) is 5.73. The molecule has 1 aromatic carbocycles. The van der Waals surface area contributed by atoms with E-state index in [2.05, 4.69) is 0 Å². The molecule has 0 aromatic heterocycles. The highest BCUT2D eigenvalue weighted by Crippen LogP contribution is 2.38. The monoisotopic (exact) mass is 286 g/mol. The minimum Gasteiger partial charge on any atom is -0.298 e. The van der Waals surface area contributed by atoms with Crippen LogP contribution >= 0.6 is 23.4 Å². The predicted molar refractivity (Wildman–Crippen MR) is 57.7 cm³/mol. The van der Waals surface area contributed by atoms with Gasteiger partial charge in [-0.1, -0.05) is 6.07 Å². The van der Waals surface area contributed by atoms with Gasteiger partial charge in [0.05, 0.1) is 10.8 Å². The molecule has 0 unspecified atom stereocenters. The summed E-state index contributed by atoms with van der Waals surface area (Å²) < 4.78 is 49.3. The second-order valence-electron chi connectivity index (χ2n) is 3.16. The largest absolute Gasteiger partial charge is 0.446 e. The minimum atomic E-state index is -4.53. The standard InChI is InChI=1S/C10H7ClF4OS/c11-5-7(16)3-6-1-2-9(8(12)4-6)17-10(13,14)15/h1-2,4H,3,5H2. The zero-order valence-corrected chi connectivity index (χ0v) is 9.93. The number of halogens is 5. The molecule has 1 aromatic rings. The smallest absolute Gasteiger partial charge is 0.298 e. The van der Waals surface area contributed by atoms with Crippen LogP contribution in [0.1, 0.15) is 5.56 Å². The van der Waals surface area contributed by atoms with Gasteiger partial charge in [0.15, 0.2) is 5.78 Å². The molecular weight excluding hydrogens is 280 g/mol. The van der Waals surface area contributed by atoms with E-state index in [1.165, 1.54) is 6.07 Å². The van der Waals surface area contributed by atoms with Crippen molar-refractivity contribution in [2.45, 2.75) is 16.8 Å². The molecule has 0 bridgehead atoms. The lowest BCUT2D eigenvalue weighted by Gasteiger charge is -2.07. The number of carbonyl (C=O) groups excluding carboxylic acids is 1. The molecule has 0 spiro atoms. The summed E-state index contributed by atoms with van der Waals surface area (Å²) in [5.74, 6) is -1.52. The maximum atomic E-state index is 13.3. The summed E-state index contributed by atoms with van der Waals surface area (Å²) >= 11 is 4.74. The molecule has 0 aliphatic carbocycles. The Morgan fingerprint density at radius 1 is 1.35 bits per heavy atom. The summed E-state index contributed by atoms with van der Waals surface area (Å²) in [5.41, 5.74) is -4.23. The molecule has 94 valence electrons. The number of rotatable bonds is 4. The van der Waals surface area contributed by atoms with Crippen molar-refractivity contribution in [1.29, 1.82) is 0 Å². The number of hydrogen-bond donors (Lipinski definition) is 0. The summed E-state index contributed by atoms with van der Waals surface area (Å²) in [4.78, 5) is 10.5. The van der Waals surface area contributed by atoms with Gasteiger partial charge in [0.25, 0.3) is 0 Å². The van der Waals surface area contributed by atoms with E-state index in [4.69, 9.17) is 11.6 Å². The van der Waals surface area contributed by atoms with Crippen molar-refractivity contribution in [2.24, 2.45) is 0 Å². The lowest BCUT2D eigenvalue weighted by atomic mass is 10.1. The molecule has 0 fully saturated rings. The van der Waals surface area contributed by atoms with Crippen molar-refractivity contribution >= 4 is 29.1 Å². The maximum absolute atomic E-state index is 13.3. The summed E-state index contributed by atoms with van der Waals surface area (Å²) in [5, 5.41) is 0. The van der Waals surface area contributed by atoms with Crippen LogP contribution < -0.4 is 0 Å². The van der Waals surface area contributed by atoms with Gasteiger partial charge in [-0.15, -0.1) is 11.6 Å². The van der Waals surface area contributed by atoms with Crippen molar-refractivity contribution in [2.75, 3.05) is 5.88 Å².